The summed E-state index contributed by atoms with van der Waals surface area (Å²) in [5.74, 6) is 0.291. The number of carbonyl (C=O) groups excluding carboxylic acids is 1. The number of methoxy groups -OCH3 is 1. The number of aliphatic hydroxyl groups is 1. The Morgan fingerprint density at radius 3 is 2.55 bits per heavy atom. The highest BCUT2D eigenvalue weighted by Crippen LogP contribution is 2.13. The predicted octanol–water partition coefficient (Wildman–Crippen LogP) is 0.117. The van der Waals surface area contributed by atoms with Gasteiger partial charge in [0.2, 0.25) is 0 Å². The summed E-state index contributed by atoms with van der Waals surface area (Å²) < 4.78 is 15.1. The van der Waals surface area contributed by atoms with Crippen LogP contribution in [0.5, 0.6) is 5.75 Å². The largest absolute Gasteiger partial charge is 0.491 e. The quantitative estimate of drug-likeness (QED) is 0.494. The van der Waals surface area contributed by atoms with Gasteiger partial charge < -0.3 is 25.1 Å². The Balaban J connectivity index is 2.34. The molecule has 0 fully saturated rings. The molecule has 6 nitrogen and oxygen atoms in total. The fourth-order valence-electron chi connectivity index (χ4n) is 1.60. The van der Waals surface area contributed by atoms with Crippen molar-refractivity contribution in [1.29, 1.82) is 0 Å². The number of benzene rings is 1. The molecular weight excluding hydrogens is 262 g/mol. The predicted molar refractivity (Wildman–Crippen MR) is 73.5 cm³/mol. The van der Waals surface area contributed by atoms with Crippen molar-refractivity contribution in [2.75, 3.05) is 33.5 Å². The molecule has 20 heavy (non-hydrogen) atoms. The van der Waals surface area contributed by atoms with E-state index in [9.17, 15) is 4.79 Å². The second-order valence-corrected chi connectivity index (χ2v) is 4.16. The molecule has 0 radical (unpaired) electrons. The van der Waals surface area contributed by atoms with Gasteiger partial charge in [0, 0.05) is 0 Å². The van der Waals surface area contributed by atoms with Gasteiger partial charge >= 0.3 is 5.97 Å². The minimum Gasteiger partial charge on any atom is -0.491 e. The van der Waals surface area contributed by atoms with E-state index in [1.807, 2.05) is 24.3 Å². The van der Waals surface area contributed by atoms with E-state index in [1.165, 1.54) is 7.11 Å². The number of carbonyl (C=O) groups is 1. The van der Waals surface area contributed by atoms with E-state index < -0.39 is 12.0 Å². The zero-order valence-corrected chi connectivity index (χ0v) is 11.6. The normalized spacial score (nSPS) is 11.9. The van der Waals surface area contributed by atoms with Crippen LogP contribution in [0.3, 0.4) is 0 Å². The van der Waals surface area contributed by atoms with Crippen molar-refractivity contribution in [3.8, 4) is 5.75 Å². The lowest BCUT2D eigenvalue weighted by atomic mass is 10.1. The molecule has 0 bridgehead atoms. The average molecular weight is 283 g/mol. The van der Waals surface area contributed by atoms with Crippen LogP contribution in [0.25, 0.3) is 0 Å². The van der Waals surface area contributed by atoms with Gasteiger partial charge in [0.15, 0.2) is 0 Å². The van der Waals surface area contributed by atoms with E-state index in [0.717, 1.165) is 5.56 Å². The summed E-state index contributed by atoms with van der Waals surface area (Å²) in [6.07, 6.45) is 0.423. The Morgan fingerprint density at radius 1 is 1.25 bits per heavy atom. The van der Waals surface area contributed by atoms with E-state index in [2.05, 4.69) is 4.74 Å². The summed E-state index contributed by atoms with van der Waals surface area (Å²) in [5.41, 5.74) is 6.62. The van der Waals surface area contributed by atoms with Crippen LogP contribution in [0.1, 0.15) is 5.56 Å². The fourth-order valence-corrected chi connectivity index (χ4v) is 1.60. The average Bonchev–Trinajstić information content (AvgIpc) is 2.47. The van der Waals surface area contributed by atoms with Crippen LogP contribution in [0.2, 0.25) is 0 Å². The topological polar surface area (TPSA) is 91.0 Å². The maximum absolute atomic E-state index is 11.2. The van der Waals surface area contributed by atoms with Crippen LogP contribution in [0, 0.1) is 0 Å². The van der Waals surface area contributed by atoms with Gasteiger partial charge in [-0.3, -0.25) is 4.79 Å². The van der Waals surface area contributed by atoms with Gasteiger partial charge in [-0.2, -0.15) is 0 Å². The second-order valence-electron chi connectivity index (χ2n) is 4.16. The van der Waals surface area contributed by atoms with Gasteiger partial charge in [0.05, 0.1) is 26.9 Å². The third-order valence-electron chi connectivity index (χ3n) is 2.61. The maximum atomic E-state index is 11.2. The first kappa shape index (κ1) is 16.4. The molecule has 1 aromatic rings. The zero-order chi connectivity index (χ0) is 14.8. The molecule has 0 aliphatic rings. The van der Waals surface area contributed by atoms with Crippen LogP contribution in [0.4, 0.5) is 0 Å². The molecule has 0 heterocycles. The third-order valence-corrected chi connectivity index (χ3v) is 2.61. The molecule has 0 aliphatic carbocycles. The smallest absolute Gasteiger partial charge is 0.322 e. The number of rotatable bonds is 9. The van der Waals surface area contributed by atoms with Gasteiger partial charge in [-0.25, -0.2) is 0 Å². The van der Waals surface area contributed by atoms with Crippen molar-refractivity contribution in [2.45, 2.75) is 12.5 Å². The van der Waals surface area contributed by atoms with Crippen molar-refractivity contribution in [3.63, 3.8) is 0 Å². The maximum Gasteiger partial charge on any atom is 0.322 e. The molecular formula is C14H21NO5. The highest BCUT2D eigenvalue weighted by Gasteiger charge is 2.13. The van der Waals surface area contributed by atoms with Crippen LogP contribution >= 0.6 is 0 Å². The van der Waals surface area contributed by atoms with Gasteiger partial charge in [0.25, 0.3) is 0 Å². The van der Waals surface area contributed by atoms with Gasteiger partial charge in [-0.15, -0.1) is 0 Å². The molecule has 0 aliphatic heterocycles. The van der Waals surface area contributed by atoms with Crippen LogP contribution < -0.4 is 10.5 Å². The van der Waals surface area contributed by atoms with E-state index in [1.54, 1.807) is 0 Å². The van der Waals surface area contributed by atoms with Crippen molar-refractivity contribution >= 4 is 5.97 Å². The summed E-state index contributed by atoms with van der Waals surface area (Å²) in [5, 5.41) is 8.53. The summed E-state index contributed by atoms with van der Waals surface area (Å²) in [4.78, 5) is 11.2. The Labute approximate surface area is 118 Å². The van der Waals surface area contributed by atoms with E-state index >= 15 is 0 Å². The molecule has 0 aromatic heterocycles. The highest BCUT2D eigenvalue weighted by molar-refractivity contribution is 5.75. The molecule has 0 saturated heterocycles. The number of aliphatic hydroxyl groups excluding tert-OH is 1. The van der Waals surface area contributed by atoms with Crippen LogP contribution in [-0.2, 0) is 20.7 Å². The Kier molecular flexibility index (Phi) is 7.64. The molecule has 1 aromatic carbocycles. The summed E-state index contributed by atoms with van der Waals surface area (Å²) >= 11 is 0. The second kappa shape index (κ2) is 9.30. The van der Waals surface area contributed by atoms with Crippen LogP contribution in [-0.4, -0.2) is 50.7 Å². The monoisotopic (exact) mass is 283 g/mol. The molecule has 3 N–H and O–H groups in total. The van der Waals surface area contributed by atoms with Gasteiger partial charge in [-0.1, -0.05) is 12.1 Å². The summed E-state index contributed by atoms with van der Waals surface area (Å²) in [6.45, 7) is 1.17. The summed E-state index contributed by atoms with van der Waals surface area (Å²) in [7, 11) is 1.32. The van der Waals surface area contributed by atoms with Gasteiger partial charge in [0.1, 0.15) is 18.4 Å². The lowest BCUT2D eigenvalue weighted by Crippen LogP contribution is -2.33. The molecule has 1 atom stereocenters. The molecule has 0 amide bonds. The SMILES string of the molecule is COC(=O)C(N)Cc1ccc(OCCOCCO)cc1. The molecule has 1 rings (SSSR count). The Morgan fingerprint density at radius 2 is 1.95 bits per heavy atom. The first-order valence-electron chi connectivity index (χ1n) is 6.41. The molecule has 6 heteroatoms. The standard InChI is InChI=1S/C14H21NO5/c1-18-14(17)13(15)10-11-2-4-12(5-3-11)20-9-8-19-7-6-16/h2-5,13,16H,6-10,15H2,1H3. The van der Waals surface area contributed by atoms with E-state index in [-0.39, 0.29) is 6.61 Å². The minimum atomic E-state index is -0.654. The lowest BCUT2D eigenvalue weighted by molar-refractivity contribution is -0.142. The number of nitrogens with two attached hydrogens (primary N) is 1. The number of esters is 1. The molecule has 112 valence electrons. The first-order chi connectivity index (χ1) is 9.67. The number of hydrogen-bond donors (Lipinski definition) is 2. The van der Waals surface area contributed by atoms with E-state index in [0.29, 0.717) is 32.0 Å². The molecule has 0 spiro atoms. The summed E-state index contributed by atoms with van der Waals surface area (Å²) in [6, 6.07) is 6.68. The number of ether oxygens (including phenoxy) is 3. The van der Waals surface area contributed by atoms with Crippen LogP contribution in [0.15, 0.2) is 24.3 Å². The van der Waals surface area contributed by atoms with Crippen molar-refractivity contribution in [1.82, 2.24) is 0 Å². The number of hydrogen-bond acceptors (Lipinski definition) is 6. The van der Waals surface area contributed by atoms with Crippen molar-refractivity contribution in [3.05, 3.63) is 29.8 Å². The third kappa shape index (κ3) is 6.01. The van der Waals surface area contributed by atoms with Gasteiger partial charge in [-0.05, 0) is 24.1 Å². The van der Waals surface area contributed by atoms with E-state index in [4.69, 9.17) is 20.3 Å². The van der Waals surface area contributed by atoms with Crippen molar-refractivity contribution in [2.24, 2.45) is 5.73 Å². The lowest BCUT2D eigenvalue weighted by Gasteiger charge is -2.10. The molecule has 0 saturated carbocycles. The first-order valence-corrected chi connectivity index (χ1v) is 6.41. The fraction of sp³-hybridized carbons (Fsp3) is 0.500. The Hall–Kier alpha value is -1.63. The Bertz CT molecular complexity index is 393. The minimum absolute atomic E-state index is 0.00907. The van der Waals surface area contributed by atoms with Crippen molar-refractivity contribution < 1.29 is 24.1 Å². The zero-order valence-electron chi connectivity index (χ0n) is 11.6. The molecule has 1 unspecified atom stereocenters. The highest BCUT2D eigenvalue weighted by atomic mass is 16.5.